The minimum absolute atomic E-state index is 0.250. The average Bonchev–Trinajstić information content (AvgIpc) is 2.09. The van der Waals surface area contributed by atoms with Crippen molar-refractivity contribution in [3.05, 3.63) is 0 Å². The van der Waals surface area contributed by atoms with E-state index >= 15 is 0 Å². The molecule has 1 N–H and O–H groups in total. The first kappa shape index (κ1) is 18.6. The molecule has 0 aromatic rings. The molecule has 0 aromatic heterocycles. The molecule has 0 saturated heterocycles. The van der Waals surface area contributed by atoms with Crippen LogP contribution in [0.5, 0.6) is 0 Å². The van der Waals surface area contributed by atoms with Gasteiger partial charge < -0.3 is 14.6 Å². The predicted octanol–water partition coefficient (Wildman–Crippen LogP) is 2.08. The molecule has 0 radical (unpaired) electrons. The Hall–Kier alpha value is -0.120. The van der Waals surface area contributed by atoms with E-state index in [-0.39, 0.29) is 6.61 Å². The second-order valence-corrected chi connectivity index (χ2v) is 1.88. The van der Waals surface area contributed by atoms with Gasteiger partial charge in [-0.2, -0.15) is 0 Å². The summed E-state index contributed by atoms with van der Waals surface area (Å²) in [5.41, 5.74) is 0. The zero-order chi connectivity index (χ0) is 10.9. The third-order valence-corrected chi connectivity index (χ3v) is 0.816. The average molecular weight is 194 g/mol. The second kappa shape index (κ2) is 29.7. The zero-order valence-electron chi connectivity index (χ0n) is 9.80. The molecule has 3 nitrogen and oxygen atoms in total. The van der Waals surface area contributed by atoms with Gasteiger partial charge in [0.1, 0.15) is 0 Å². The SMILES string of the molecule is CCO.CCOCC.CCOCC. The quantitative estimate of drug-likeness (QED) is 0.744. The number of rotatable bonds is 4. The fraction of sp³-hybridized carbons (Fsp3) is 1.00. The molecule has 84 valence electrons. The number of hydrogen-bond donors (Lipinski definition) is 1. The molecule has 0 aromatic carbocycles. The van der Waals surface area contributed by atoms with Gasteiger partial charge in [-0.25, -0.2) is 0 Å². The summed E-state index contributed by atoms with van der Waals surface area (Å²) >= 11 is 0. The van der Waals surface area contributed by atoms with Crippen LogP contribution in [0.15, 0.2) is 0 Å². The number of aliphatic hydroxyl groups is 1. The lowest BCUT2D eigenvalue weighted by Gasteiger charge is -1.86. The van der Waals surface area contributed by atoms with E-state index in [0.29, 0.717) is 0 Å². The Labute approximate surface area is 83.1 Å². The van der Waals surface area contributed by atoms with Gasteiger partial charge in [-0.1, -0.05) is 0 Å². The molecule has 3 heteroatoms. The van der Waals surface area contributed by atoms with Crippen molar-refractivity contribution in [2.45, 2.75) is 34.6 Å². The molecule has 0 atom stereocenters. The number of hydrogen-bond acceptors (Lipinski definition) is 3. The van der Waals surface area contributed by atoms with Crippen LogP contribution in [0.1, 0.15) is 34.6 Å². The molecule has 0 amide bonds. The zero-order valence-corrected chi connectivity index (χ0v) is 9.80. The minimum Gasteiger partial charge on any atom is -0.397 e. The summed E-state index contributed by atoms with van der Waals surface area (Å²) in [7, 11) is 0. The molecule has 0 aliphatic heterocycles. The molecule has 0 rings (SSSR count). The Kier molecular flexibility index (Phi) is 42.6. The van der Waals surface area contributed by atoms with Crippen molar-refractivity contribution in [3.63, 3.8) is 0 Å². The maximum Gasteiger partial charge on any atom is 0.0437 e. The third-order valence-electron chi connectivity index (χ3n) is 0.816. The van der Waals surface area contributed by atoms with Crippen LogP contribution in [0.2, 0.25) is 0 Å². The molecule has 0 unspecified atom stereocenters. The minimum atomic E-state index is 0.250. The van der Waals surface area contributed by atoms with Crippen LogP contribution in [0.25, 0.3) is 0 Å². The summed E-state index contributed by atoms with van der Waals surface area (Å²) in [6.45, 7) is 13.3. The molecule has 0 aliphatic carbocycles. The Bertz CT molecular complexity index is 39.4. The molecular formula is C10H26O3. The van der Waals surface area contributed by atoms with Crippen LogP contribution < -0.4 is 0 Å². The summed E-state index contributed by atoms with van der Waals surface area (Å²) in [5, 5.41) is 7.57. The third kappa shape index (κ3) is 77.0. The fourth-order valence-electron chi connectivity index (χ4n) is 0.408. The summed E-state index contributed by atoms with van der Waals surface area (Å²) in [6.07, 6.45) is 0. The van der Waals surface area contributed by atoms with E-state index in [1.165, 1.54) is 0 Å². The first-order chi connectivity index (χ1) is 6.24. The van der Waals surface area contributed by atoms with Gasteiger partial charge in [-0.3, -0.25) is 0 Å². The summed E-state index contributed by atoms with van der Waals surface area (Å²) < 4.78 is 9.67. The number of aliphatic hydroxyl groups excluding tert-OH is 1. The van der Waals surface area contributed by atoms with Gasteiger partial charge >= 0.3 is 0 Å². The van der Waals surface area contributed by atoms with Crippen molar-refractivity contribution in [1.82, 2.24) is 0 Å². The molecule has 0 saturated carbocycles. The van der Waals surface area contributed by atoms with Gasteiger partial charge in [0, 0.05) is 33.0 Å². The lowest BCUT2D eigenvalue weighted by molar-refractivity contribution is 0.162. The predicted molar refractivity (Wildman–Crippen MR) is 57.1 cm³/mol. The highest BCUT2D eigenvalue weighted by Crippen LogP contribution is 1.64. The standard InChI is InChI=1S/2C4H10O.C2H6O/c2*1-3-5-4-2;1-2-3/h2*3-4H2,1-2H3;3H,2H2,1H3. The van der Waals surface area contributed by atoms with E-state index in [2.05, 4.69) is 0 Å². The maximum atomic E-state index is 7.57. The van der Waals surface area contributed by atoms with Gasteiger partial charge in [-0.05, 0) is 34.6 Å². The van der Waals surface area contributed by atoms with E-state index in [4.69, 9.17) is 14.6 Å². The molecule has 0 aliphatic rings. The monoisotopic (exact) mass is 194 g/mol. The number of ether oxygens (including phenoxy) is 2. The highest BCUT2D eigenvalue weighted by atomic mass is 16.5. The fourth-order valence-corrected chi connectivity index (χ4v) is 0.408. The summed E-state index contributed by atoms with van der Waals surface area (Å²) in [5.74, 6) is 0. The summed E-state index contributed by atoms with van der Waals surface area (Å²) in [4.78, 5) is 0. The van der Waals surface area contributed by atoms with Crippen molar-refractivity contribution < 1.29 is 14.6 Å². The van der Waals surface area contributed by atoms with Crippen molar-refractivity contribution in [3.8, 4) is 0 Å². The largest absolute Gasteiger partial charge is 0.397 e. The normalized spacial score (nSPS) is 7.85. The molecule has 0 heterocycles. The first-order valence-corrected chi connectivity index (χ1v) is 5.01. The van der Waals surface area contributed by atoms with Gasteiger partial charge in [0.05, 0.1) is 0 Å². The Balaban J connectivity index is -0.000000120. The Morgan fingerprint density at radius 1 is 0.692 bits per heavy atom. The van der Waals surface area contributed by atoms with Crippen LogP contribution in [-0.4, -0.2) is 38.1 Å². The van der Waals surface area contributed by atoms with E-state index in [1.54, 1.807) is 6.92 Å². The van der Waals surface area contributed by atoms with Crippen molar-refractivity contribution in [2.24, 2.45) is 0 Å². The second-order valence-electron chi connectivity index (χ2n) is 1.88. The van der Waals surface area contributed by atoms with Crippen LogP contribution in [0.3, 0.4) is 0 Å². The summed E-state index contributed by atoms with van der Waals surface area (Å²) in [6, 6.07) is 0. The lowest BCUT2D eigenvalue weighted by atomic mass is 10.8. The molecule has 13 heavy (non-hydrogen) atoms. The molecule has 0 bridgehead atoms. The van der Waals surface area contributed by atoms with Gasteiger partial charge in [0.2, 0.25) is 0 Å². The van der Waals surface area contributed by atoms with E-state index < -0.39 is 0 Å². The van der Waals surface area contributed by atoms with Crippen LogP contribution in [0.4, 0.5) is 0 Å². The smallest absolute Gasteiger partial charge is 0.0437 e. The molecule has 0 spiro atoms. The first-order valence-electron chi connectivity index (χ1n) is 5.01. The molecule has 0 fully saturated rings. The van der Waals surface area contributed by atoms with Crippen LogP contribution >= 0.6 is 0 Å². The highest BCUT2D eigenvalue weighted by molar-refractivity contribution is 4.07. The van der Waals surface area contributed by atoms with Crippen molar-refractivity contribution in [2.75, 3.05) is 33.0 Å². The van der Waals surface area contributed by atoms with Crippen molar-refractivity contribution >= 4 is 0 Å². The van der Waals surface area contributed by atoms with Gasteiger partial charge in [-0.15, -0.1) is 0 Å². The highest BCUT2D eigenvalue weighted by Gasteiger charge is 1.64. The molecular weight excluding hydrogens is 168 g/mol. The van der Waals surface area contributed by atoms with Gasteiger partial charge in [0.25, 0.3) is 0 Å². The van der Waals surface area contributed by atoms with Crippen LogP contribution in [0, 0.1) is 0 Å². The van der Waals surface area contributed by atoms with E-state index in [0.717, 1.165) is 26.4 Å². The van der Waals surface area contributed by atoms with Crippen LogP contribution in [-0.2, 0) is 9.47 Å². The topological polar surface area (TPSA) is 38.7 Å². The lowest BCUT2D eigenvalue weighted by Crippen LogP contribution is -1.84. The van der Waals surface area contributed by atoms with Gasteiger partial charge in [0.15, 0.2) is 0 Å². The maximum absolute atomic E-state index is 7.57. The van der Waals surface area contributed by atoms with E-state index in [1.807, 2.05) is 27.7 Å². The van der Waals surface area contributed by atoms with Crippen molar-refractivity contribution in [1.29, 1.82) is 0 Å². The Morgan fingerprint density at radius 3 is 0.846 bits per heavy atom. The Morgan fingerprint density at radius 2 is 0.846 bits per heavy atom. The van der Waals surface area contributed by atoms with E-state index in [9.17, 15) is 0 Å².